The average molecular weight is 235 g/mol. The van der Waals surface area contributed by atoms with Crippen molar-refractivity contribution in [2.24, 2.45) is 0 Å². The van der Waals surface area contributed by atoms with Gasteiger partial charge < -0.3 is 5.32 Å². The summed E-state index contributed by atoms with van der Waals surface area (Å²) in [5, 5.41) is 3.29. The van der Waals surface area contributed by atoms with Crippen LogP contribution in [0, 0.1) is 0 Å². The van der Waals surface area contributed by atoms with E-state index in [0.717, 1.165) is 0 Å². The van der Waals surface area contributed by atoms with Gasteiger partial charge in [-0.05, 0) is 20.8 Å². The molecule has 1 unspecified atom stereocenters. The van der Waals surface area contributed by atoms with Crippen LogP contribution in [0.15, 0.2) is 0 Å². The van der Waals surface area contributed by atoms with E-state index < -0.39 is 10.2 Å². The highest BCUT2D eigenvalue weighted by molar-refractivity contribution is 7.86. The molecule has 1 saturated heterocycles. The first-order chi connectivity index (χ1) is 6.68. The zero-order chi connectivity index (χ0) is 11.9. The molecule has 0 amide bonds. The fraction of sp³-hybridized carbons (Fsp3) is 1.00. The molecular weight excluding hydrogens is 214 g/mol. The summed E-state index contributed by atoms with van der Waals surface area (Å²) in [6.45, 7) is 7.07. The predicted octanol–water partition coefficient (Wildman–Crippen LogP) is -0.135. The van der Waals surface area contributed by atoms with Gasteiger partial charge in [-0.1, -0.05) is 0 Å². The highest BCUT2D eigenvalue weighted by Crippen LogP contribution is 2.23. The molecule has 0 bridgehead atoms. The lowest BCUT2D eigenvalue weighted by Crippen LogP contribution is -2.64. The average Bonchev–Trinajstić information content (AvgIpc) is 2.09. The number of rotatable bonds is 2. The van der Waals surface area contributed by atoms with Gasteiger partial charge in [-0.3, -0.25) is 0 Å². The fourth-order valence-corrected chi connectivity index (χ4v) is 3.17. The summed E-state index contributed by atoms with van der Waals surface area (Å²) in [5.41, 5.74) is -0.365. The van der Waals surface area contributed by atoms with Crippen molar-refractivity contribution in [3.05, 3.63) is 0 Å². The van der Waals surface area contributed by atoms with Crippen molar-refractivity contribution in [1.82, 2.24) is 13.9 Å². The lowest BCUT2D eigenvalue weighted by molar-refractivity contribution is 0.151. The van der Waals surface area contributed by atoms with E-state index in [2.05, 4.69) is 5.32 Å². The fourth-order valence-electron chi connectivity index (χ4n) is 1.68. The van der Waals surface area contributed by atoms with Crippen LogP contribution in [0.25, 0.3) is 0 Å². The third-order valence-corrected chi connectivity index (χ3v) is 4.86. The molecule has 1 heterocycles. The normalized spacial score (nSPS) is 28.3. The van der Waals surface area contributed by atoms with Crippen molar-refractivity contribution in [3.8, 4) is 0 Å². The lowest BCUT2D eigenvalue weighted by atomic mass is 10.0. The van der Waals surface area contributed by atoms with E-state index >= 15 is 0 Å². The van der Waals surface area contributed by atoms with Gasteiger partial charge in [0.1, 0.15) is 0 Å². The molecule has 0 saturated carbocycles. The van der Waals surface area contributed by atoms with E-state index in [0.29, 0.717) is 13.1 Å². The summed E-state index contributed by atoms with van der Waals surface area (Å²) in [7, 11) is -0.179. The molecule has 0 radical (unpaired) electrons. The van der Waals surface area contributed by atoms with E-state index in [4.69, 9.17) is 0 Å². The molecule has 0 aliphatic carbocycles. The van der Waals surface area contributed by atoms with E-state index in [1.54, 1.807) is 18.4 Å². The summed E-state index contributed by atoms with van der Waals surface area (Å²) in [5.74, 6) is 0. The van der Waals surface area contributed by atoms with Crippen molar-refractivity contribution in [2.75, 3.05) is 27.2 Å². The maximum atomic E-state index is 12.1. The second-order valence-corrected chi connectivity index (χ2v) is 6.98. The van der Waals surface area contributed by atoms with Crippen molar-refractivity contribution in [1.29, 1.82) is 0 Å². The molecule has 1 rings (SSSR count). The topological polar surface area (TPSA) is 52.7 Å². The largest absolute Gasteiger partial charge is 0.311 e. The Morgan fingerprint density at radius 2 is 1.93 bits per heavy atom. The van der Waals surface area contributed by atoms with Crippen molar-refractivity contribution >= 4 is 10.2 Å². The van der Waals surface area contributed by atoms with Crippen LogP contribution < -0.4 is 5.32 Å². The van der Waals surface area contributed by atoms with Crippen LogP contribution in [0.2, 0.25) is 0 Å². The van der Waals surface area contributed by atoms with Crippen molar-refractivity contribution in [3.63, 3.8) is 0 Å². The Morgan fingerprint density at radius 1 is 1.40 bits per heavy atom. The molecule has 1 atom stereocenters. The minimum atomic E-state index is -3.31. The van der Waals surface area contributed by atoms with E-state index in [9.17, 15) is 8.42 Å². The summed E-state index contributed by atoms with van der Waals surface area (Å²) in [4.78, 5) is 0. The van der Waals surface area contributed by atoms with Crippen LogP contribution in [0.5, 0.6) is 0 Å². The second kappa shape index (κ2) is 4.01. The smallest absolute Gasteiger partial charge is 0.282 e. The molecule has 1 fully saturated rings. The molecule has 0 aromatic rings. The van der Waals surface area contributed by atoms with Crippen LogP contribution in [0.1, 0.15) is 20.8 Å². The monoisotopic (exact) mass is 235 g/mol. The number of hydrogen-bond acceptors (Lipinski definition) is 3. The molecule has 6 heteroatoms. The van der Waals surface area contributed by atoms with Gasteiger partial charge in [-0.25, -0.2) is 0 Å². The Hall–Kier alpha value is -0.170. The predicted molar refractivity (Wildman–Crippen MR) is 60.9 cm³/mol. The van der Waals surface area contributed by atoms with Gasteiger partial charge in [0.2, 0.25) is 0 Å². The SMILES string of the molecule is CC1CN(S(=O)(=O)N(C)C)C(C)(C)CN1. The maximum Gasteiger partial charge on any atom is 0.282 e. The maximum absolute atomic E-state index is 12.1. The van der Waals surface area contributed by atoms with Gasteiger partial charge in [-0.2, -0.15) is 17.0 Å². The third kappa shape index (κ3) is 2.50. The lowest BCUT2D eigenvalue weighted by Gasteiger charge is -2.44. The van der Waals surface area contributed by atoms with Gasteiger partial charge in [0, 0.05) is 38.8 Å². The van der Waals surface area contributed by atoms with Crippen LogP contribution in [-0.4, -0.2) is 55.8 Å². The standard InChI is InChI=1S/C9H21N3O2S/c1-8-6-12(9(2,3)7-10-8)15(13,14)11(4)5/h8,10H,6-7H2,1-5H3. The molecule has 5 nitrogen and oxygen atoms in total. The van der Waals surface area contributed by atoms with Gasteiger partial charge >= 0.3 is 0 Å². The summed E-state index contributed by atoms with van der Waals surface area (Å²) >= 11 is 0. The number of nitrogens with zero attached hydrogens (tertiary/aromatic N) is 2. The van der Waals surface area contributed by atoms with Gasteiger partial charge in [0.05, 0.1) is 0 Å². The van der Waals surface area contributed by atoms with Gasteiger partial charge in [-0.15, -0.1) is 0 Å². The molecule has 1 aliphatic heterocycles. The Kier molecular flexibility index (Phi) is 3.45. The van der Waals surface area contributed by atoms with Crippen molar-refractivity contribution in [2.45, 2.75) is 32.4 Å². The minimum Gasteiger partial charge on any atom is -0.311 e. The Balaban J connectivity index is 3.00. The number of nitrogens with one attached hydrogen (secondary N) is 1. The molecule has 15 heavy (non-hydrogen) atoms. The molecule has 0 spiro atoms. The first-order valence-corrected chi connectivity index (χ1v) is 6.51. The van der Waals surface area contributed by atoms with Gasteiger partial charge in [0.15, 0.2) is 0 Å². The molecule has 1 N–H and O–H groups in total. The third-order valence-electron chi connectivity index (χ3n) is 2.74. The first kappa shape index (κ1) is 12.9. The van der Waals surface area contributed by atoms with E-state index in [-0.39, 0.29) is 11.6 Å². The number of piperazine rings is 1. The molecule has 90 valence electrons. The Bertz CT molecular complexity index is 324. The summed E-state index contributed by atoms with van der Waals surface area (Å²) in [6, 6.07) is 0.202. The van der Waals surface area contributed by atoms with Gasteiger partial charge in [0.25, 0.3) is 10.2 Å². The van der Waals surface area contributed by atoms with E-state index in [1.165, 1.54) is 4.31 Å². The summed E-state index contributed by atoms with van der Waals surface area (Å²) < 4.78 is 27.0. The zero-order valence-electron chi connectivity index (χ0n) is 10.1. The first-order valence-electron chi connectivity index (χ1n) is 5.11. The van der Waals surface area contributed by atoms with Crippen LogP contribution in [0.4, 0.5) is 0 Å². The molecule has 0 aromatic carbocycles. The van der Waals surface area contributed by atoms with Crippen LogP contribution in [-0.2, 0) is 10.2 Å². The van der Waals surface area contributed by atoms with E-state index in [1.807, 2.05) is 20.8 Å². The van der Waals surface area contributed by atoms with Crippen LogP contribution >= 0.6 is 0 Å². The second-order valence-electron chi connectivity index (χ2n) is 4.92. The van der Waals surface area contributed by atoms with Crippen molar-refractivity contribution < 1.29 is 8.42 Å². The molecule has 1 aliphatic rings. The highest BCUT2D eigenvalue weighted by Gasteiger charge is 2.41. The Morgan fingerprint density at radius 3 is 2.40 bits per heavy atom. The minimum absolute atomic E-state index is 0.202. The number of hydrogen-bond donors (Lipinski definition) is 1. The van der Waals surface area contributed by atoms with Crippen LogP contribution in [0.3, 0.4) is 0 Å². The summed E-state index contributed by atoms with van der Waals surface area (Å²) in [6.07, 6.45) is 0. The zero-order valence-corrected chi connectivity index (χ0v) is 10.9. The Labute approximate surface area is 92.6 Å². The highest BCUT2D eigenvalue weighted by atomic mass is 32.2. The quantitative estimate of drug-likeness (QED) is 0.725. The molecular formula is C9H21N3O2S. The molecule has 0 aromatic heterocycles.